The standard InChI is InChI=1S/C11H21N3O2/c1-3-8(2)9(13-11(12)16)10(15)14-6-4-5-7-14/h8-9H,3-7H2,1-2H3,(H3,12,13,16). The molecule has 0 saturated carbocycles. The van der Waals surface area contributed by atoms with Crippen LogP contribution in [0.1, 0.15) is 33.1 Å². The third kappa shape index (κ3) is 3.12. The van der Waals surface area contributed by atoms with Crippen LogP contribution in [0.5, 0.6) is 0 Å². The van der Waals surface area contributed by atoms with Gasteiger partial charge in [-0.1, -0.05) is 20.3 Å². The van der Waals surface area contributed by atoms with Crippen molar-refractivity contribution >= 4 is 11.9 Å². The number of primary amides is 1. The van der Waals surface area contributed by atoms with Crippen LogP contribution in [-0.4, -0.2) is 36.0 Å². The van der Waals surface area contributed by atoms with Crippen LogP contribution in [0.3, 0.4) is 0 Å². The summed E-state index contributed by atoms with van der Waals surface area (Å²) in [5.74, 6) is 0.117. The molecule has 2 unspecified atom stereocenters. The van der Waals surface area contributed by atoms with E-state index in [1.807, 2.05) is 18.7 Å². The second-order valence-electron chi connectivity index (χ2n) is 4.40. The lowest BCUT2D eigenvalue weighted by Crippen LogP contribution is -2.52. The number of carbonyl (C=O) groups excluding carboxylic acids is 2. The van der Waals surface area contributed by atoms with Gasteiger partial charge in [0.25, 0.3) is 0 Å². The fourth-order valence-corrected chi connectivity index (χ4v) is 1.97. The topological polar surface area (TPSA) is 75.4 Å². The Bertz CT molecular complexity index is 262. The molecule has 1 saturated heterocycles. The largest absolute Gasteiger partial charge is 0.352 e. The van der Waals surface area contributed by atoms with Crippen LogP contribution in [-0.2, 0) is 4.79 Å². The first kappa shape index (κ1) is 12.8. The minimum absolute atomic E-state index is 0.00523. The summed E-state index contributed by atoms with van der Waals surface area (Å²) in [6.07, 6.45) is 2.94. The van der Waals surface area contributed by atoms with Crippen molar-refractivity contribution in [1.29, 1.82) is 0 Å². The third-order valence-electron chi connectivity index (χ3n) is 3.19. The molecule has 2 atom stereocenters. The van der Waals surface area contributed by atoms with E-state index in [1.165, 1.54) is 0 Å². The molecule has 0 aliphatic carbocycles. The van der Waals surface area contributed by atoms with E-state index < -0.39 is 12.1 Å². The van der Waals surface area contributed by atoms with Gasteiger partial charge in [0.2, 0.25) is 5.91 Å². The van der Waals surface area contributed by atoms with Crippen molar-refractivity contribution in [2.24, 2.45) is 11.7 Å². The van der Waals surface area contributed by atoms with E-state index in [1.54, 1.807) is 0 Å². The molecule has 1 aliphatic heterocycles. The highest BCUT2D eigenvalue weighted by molar-refractivity contribution is 5.87. The molecule has 3 N–H and O–H groups in total. The van der Waals surface area contributed by atoms with Gasteiger partial charge < -0.3 is 16.0 Å². The summed E-state index contributed by atoms with van der Waals surface area (Å²) >= 11 is 0. The fourth-order valence-electron chi connectivity index (χ4n) is 1.97. The summed E-state index contributed by atoms with van der Waals surface area (Å²) in [6, 6.07) is -1.10. The summed E-state index contributed by atoms with van der Waals surface area (Å²) in [7, 11) is 0. The summed E-state index contributed by atoms with van der Waals surface area (Å²) < 4.78 is 0. The van der Waals surface area contributed by atoms with Gasteiger partial charge in [-0.3, -0.25) is 4.79 Å². The lowest BCUT2D eigenvalue weighted by molar-refractivity contribution is -0.133. The molecule has 0 aromatic rings. The number of nitrogens with one attached hydrogen (secondary N) is 1. The van der Waals surface area contributed by atoms with Gasteiger partial charge in [-0.25, -0.2) is 4.79 Å². The molecule has 1 fully saturated rings. The van der Waals surface area contributed by atoms with Crippen molar-refractivity contribution in [3.63, 3.8) is 0 Å². The van der Waals surface area contributed by atoms with Crippen molar-refractivity contribution in [2.45, 2.75) is 39.2 Å². The Morgan fingerprint density at radius 2 is 1.94 bits per heavy atom. The maximum atomic E-state index is 12.1. The van der Waals surface area contributed by atoms with Gasteiger partial charge in [-0.15, -0.1) is 0 Å². The second-order valence-corrected chi connectivity index (χ2v) is 4.40. The van der Waals surface area contributed by atoms with Gasteiger partial charge in [-0.05, 0) is 18.8 Å². The molecule has 3 amide bonds. The van der Waals surface area contributed by atoms with Crippen LogP contribution < -0.4 is 11.1 Å². The summed E-state index contributed by atoms with van der Waals surface area (Å²) in [4.78, 5) is 24.8. The molecule has 5 heteroatoms. The summed E-state index contributed by atoms with van der Waals surface area (Å²) in [5, 5.41) is 2.55. The zero-order chi connectivity index (χ0) is 12.1. The number of likely N-dealkylation sites (tertiary alicyclic amines) is 1. The SMILES string of the molecule is CCC(C)C(NC(N)=O)C(=O)N1CCCC1. The Balaban J connectivity index is 2.66. The van der Waals surface area contributed by atoms with E-state index in [0.717, 1.165) is 32.4 Å². The average Bonchev–Trinajstić information content (AvgIpc) is 2.77. The Morgan fingerprint density at radius 3 is 2.38 bits per heavy atom. The van der Waals surface area contributed by atoms with Crippen molar-refractivity contribution in [3.05, 3.63) is 0 Å². The molecule has 0 radical (unpaired) electrons. The average molecular weight is 227 g/mol. The van der Waals surface area contributed by atoms with E-state index >= 15 is 0 Å². The highest BCUT2D eigenvalue weighted by atomic mass is 16.2. The van der Waals surface area contributed by atoms with Crippen molar-refractivity contribution in [1.82, 2.24) is 10.2 Å². The molecule has 0 aromatic carbocycles. The number of amides is 3. The number of hydrogen-bond acceptors (Lipinski definition) is 2. The van der Waals surface area contributed by atoms with Gasteiger partial charge in [0.1, 0.15) is 6.04 Å². The maximum absolute atomic E-state index is 12.1. The molecule has 5 nitrogen and oxygen atoms in total. The van der Waals surface area contributed by atoms with E-state index in [0.29, 0.717) is 0 Å². The Labute approximate surface area is 96.4 Å². The highest BCUT2D eigenvalue weighted by Gasteiger charge is 2.30. The van der Waals surface area contributed by atoms with E-state index in [4.69, 9.17) is 5.73 Å². The molecule has 0 aromatic heterocycles. The predicted molar refractivity (Wildman–Crippen MR) is 61.8 cm³/mol. The molecule has 16 heavy (non-hydrogen) atoms. The fraction of sp³-hybridized carbons (Fsp3) is 0.818. The monoisotopic (exact) mass is 227 g/mol. The van der Waals surface area contributed by atoms with Crippen LogP contribution in [0.15, 0.2) is 0 Å². The first-order valence-corrected chi connectivity index (χ1v) is 5.91. The first-order chi connectivity index (χ1) is 7.56. The van der Waals surface area contributed by atoms with E-state index in [9.17, 15) is 9.59 Å². The number of nitrogens with zero attached hydrogens (tertiary/aromatic N) is 1. The van der Waals surface area contributed by atoms with Crippen LogP contribution >= 0.6 is 0 Å². The third-order valence-corrected chi connectivity index (χ3v) is 3.19. The Kier molecular flexibility index (Phi) is 4.58. The molecular weight excluding hydrogens is 206 g/mol. The van der Waals surface area contributed by atoms with Crippen molar-refractivity contribution in [2.75, 3.05) is 13.1 Å². The van der Waals surface area contributed by atoms with Crippen molar-refractivity contribution < 1.29 is 9.59 Å². The quantitative estimate of drug-likeness (QED) is 0.741. The van der Waals surface area contributed by atoms with Gasteiger partial charge >= 0.3 is 6.03 Å². The summed E-state index contributed by atoms with van der Waals surface area (Å²) in [5.41, 5.74) is 5.10. The lowest BCUT2D eigenvalue weighted by Gasteiger charge is -2.27. The van der Waals surface area contributed by atoms with Gasteiger partial charge in [0.15, 0.2) is 0 Å². The number of nitrogens with two attached hydrogens (primary N) is 1. The number of hydrogen-bond donors (Lipinski definition) is 2. The van der Waals surface area contributed by atoms with Crippen LogP contribution in [0.25, 0.3) is 0 Å². The highest BCUT2D eigenvalue weighted by Crippen LogP contribution is 2.15. The normalized spacial score (nSPS) is 19.2. The summed E-state index contributed by atoms with van der Waals surface area (Å²) in [6.45, 7) is 5.55. The van der Waals surface area contributed by atoms with E-state index in [-0.39, 0.29) is 11.8 Å². The molecule has 1 heterocycles. The van der Waals surface area contributed by atoms with Gasteiger partial charge in [-0.2, -0.15) is 0 Å². The van der Waals surface area contributed by atoms with Crippen molar-refractivity contribution in [3.8, 4) is 0 Å². The van der Waals surface area contributed by atoms with Gasteiger partial charge in [0, 0.05) is 13.1 Å². The van der Waals surface area contributed by atoms with Crippen LogP contribution in [0, 0.1) is 5.92 Å². The molecule has 92 valence electrons. The second kappa shape index (κ2) is 5.72. The number of rotatable bonds is 4. The molecule has 1 aliphatic rings. The zero-order valence-electron chi connectivity index (χ0n) is 10.0. The first-order valence-electron chi connectivity index (χ1n) is 5.91. The molecule has 1 rings (SSSR count). The number of urea groups is 1. The van der Waals surface area contributed by atoms with Crippen LogP contribution in [0.4, 0.5) is 4.79 Å². The maximum Gasteiger partial charge on any atom is 0.312 e. The lowest BCUT2D eigenvalue weighted by atomic mass is 9.98. The minimum Gasteiger partial charge on any atom is -0.352 e. The Hall–Kier alpha value is -1.26. The smallest absolute Gasteiger partial charge is 0.312 e. The van der Waals surface area contributed by atoms with E-state index in [2.05, 4.69) is 5.32 Å². The Morgan fingerprint density at radius 1 is 1.38 bits per heavy atom. The molecule has 0 bridgehead atoms. The predicted octanol–water partition coefficient (Wildman–Crippen LogP) is 0.692. The molecular formula is C11H21N3O2. The van der Waals surface area contributed by atoms with Gasteiger partial charge in [0.05, 0.1) is 0 Å². The van der Waals surface area contributed by atoms with Crippen LogP contribution in [0.2, 0.25) is 0 Å². The molecule has 0 spiro atoms. The zero-order valence-corrected chi connectivity index (χ0v) is 10.0. The minimum atomic E-state index is -0.627. The number of carbonyl (C=O) groups is 2.